The number of carbonyl (C=O) groups excluding carboxylic acids is 1. The summed E-state index contributed by atoms with van der Waals surface area (Å²) < 4.78 is 18.4. The first kappa shape index (κ1) is 13.3. The van der Waals surface area contributed by atoms with E-state index in [-0.39, 0.29) is 5.82 Å². The molecule has 3 aromatic rings. The largest absolute Gasteiger partial charge is 0.465 e. The molecule has 1 aromatic heterocycles. The Labute approximate surface area is 120 Å². The van der Waals surface area contributed by atoms with E-state index < -0.39 is 5.97 Å². The van der Waals surface area contributed by atoms with Crippen molar-refractivity contribution in [1.29, 1.82) is 0 Å². The molecule has 0 bridgehead atoms. The predicted octanol–water partition coefficient (Wildman–Crippen LogP) is 3.08. The highest BCUT2D eigenvalue weighted by Crippen LogP contribution is 2.19. The maximum Gasteiger partial charge on any atom is 0.340 e. The van der Waals surface area contributed by atoms with Crippen LogP contribution in [0.2, 0.25) is 0 Å². The quantitative estimate of drug-likeness (QED) is 0.752. The molecule has 0 fully saturated rings. The number of para-hydroxylation sites is 1. The third-order valence-corrected chi connectivity index (χ3v) is 3.28. The number of hydrogen-bond acceptors (Lipinski definition) is 3. The van der Waals surface area contributed by atoms with Gasteiger partial charge < -0.3 is 9.72 Å². The molecule has 0 aliphatic heterocycles. The molecule has 0 spiro atoms. The topological polar surface area (TPSA) is 55.0 Å². The van der Waals surface area contributed by atoms with Crippen molar-refractivity contribution in [3.05, 3.63) is 65.2 Å². The summed E-state index contributed by atoms with van der Waals surface area (Å²) in [6.07, 6.45) is 0.335. The highest BCUT2D eigenvalue weighted by molar-refractivity contribution is 6.01. The Bertz CT molecular complexity index is 811. The summed E-state index contributed by atoms with van der Waals surface area (Å²) in [5.74, 6) is -0.109. The van der Waals surface area contributed by atoms with Gasteiger partial charge in [0.15, 0.2) is 0 Å². The number of hydrogen-bond donors (Lipinski definition) is 1. The average Bonchev–Trinajstić information content (AvgIpc) is 2.91. The Balaban J connectivity index is 2.02. The SMILES string of the molecule is COC(=O)c1cccc2[nH]c(Cc3ccccc3F)nc12. The van der Waals surface area contributed by atoms with Crippen LogP contribution < -0.4 is 0 Å². The number of benzene rings is 2. The molecule has 4 nitrogen and oxygen atoms in total. The Morgan fingerprint density at radius 2 is 2.05 bits per heavy atom. The van der Waals surface area contributed by atoms with Crippen LogP contribution in [0.4, 0.5) is 4.39 Å². The second kappa shape index (κ2) is 5.36. The van der Waals surface area contributed by atoms with Gasteiger partial charge in [0.25, 0.3) is 0 Å². The number of aromatic amines is 1. The number of ether oxygens (including phenoxy) is 1. The van der Waals surface area contributed by atoms with Gasteiger partial charge in [-0.3, -0.25) is 0 Å². The molecule has 2 aromatic carbocycles. The molecule has 21 heavy (non-hydrogen) atoms. The molecule has 0 aliphatic carbocycles. The second-order valence-corrected chi connectivity index (χ2v) is 4.65. The van der Waals surface area contributed by atoms with Crippen molar-refractivity contribution in [2.45, 2.75) is 6.42 Å². The monoisotopic (exact) mass is 284 g/mol. The van der Waals surface area contributed by atoms with E-state index in [4.69, 9.17) is 4.74 Å². The molecule has 0 unspecified atom stereocenters. The molecular formula is C16H13FN2O2. The molecular weight excluding hydrogens is 271 g/mol. The Hall–Kier alpha value is -2.69. The molecule has 1 heterocycles. The van der Waals surface area contributed by atoms with Crippen molar-refractivity contribution in [1.82, 2.24) is 9.97 Å². The number of carbonyl (C=O) groups is 1. The molecule has 0 saturated heterocycles. The molecule has 0 atom stereocenters. The predicted molar refractivity (Wildman–Crippen MR) is 76.6 cm³/mol. The number of nitrogens with one attached hydrogen (secondary N) is 1. The fraction of sp³-hybridized carbons (Fsp3) is 0.125. The van der Waals surface area contributed by atoms with Crippen LogP contribution in [0.15, 0.2) is 42.5 Å². The number of methoxy groups -OCH3 is 1. The van der Waals surface area contributed by atoms with Crippen molar-refractivity contribution >= 4 is 17.0 Å². The van der Waals surface area contributed by atoms with Crippen molar-refractivity contribution in [2.24, 2.45) is 0 Å². The number of rotatable bonds is 3. The lowest BCUT2D eigenvalue weighted by Gasteiger charge is -1.99. The fourth-order valence-corrected chi connectivity index (χ4v) is 2.26. The minimum atomic E-state index is -0.440. The van der Waals surface area contributed by atoms with Gasteiger partial charge in [0.05, 0.1) is 18.2 Å². The summed E-state index contributed by atoms with van der Waals surface area (Å²) in [6.45, 7) is 0. The molecule has 0 amide bonds. The lowest BCUT2D eigenvalue weighted by atomic mass is 10.1. The maximum atomic E-state index is 13.7. The molecule has 5 heteroatoms. The maximum absolute atomic E-state index is 13.7. The Morgan fingerprint density at radius 1 is 1.24 bits per heavy atom. The van der Waals surface area contributed by atoms with Gasteiger partial charge in [-0.05, 0) is 23.8 Å². The smallest absolute Gasteiger partial charge is 0.340 e. The zero-order valence-corrected chi connectivity index (χ0v) is 11.4. The number of H-pyrrole nitrogens is 1. The van der Waals surface area contributed by atoms with E-state index in [1.165, 1.54) is 13.2 Å². The van der Waals surface area contributed by atoms with Crippen LogP contribution in [0, 0.1) is 5.82 Å². The number of halogens is 1. The second-order valence-electron chi connectivity index (χ2n) is 4.65. The van der Waals surface area contributed by atoms with Gasteiger partial charge in [-0.25, -0.2) is 14.2 Å². The van der Waals surface area contributed by atoms with Crippen LogP contribution in [-0.4, -0.2) is 23.0 Å². The van der Waals surface area contributed by atoms with Gasteiger partial charge in [-0.2, -0.15) is 0 Å². The number of imidazole rings is 1. The van der Waals surface area contributed by atoms with E-state index in [0.29, 0.717) is 28.9 Å². The zero-order valence-electron chi connectivity index (χ0n) is 11.4. The third-order valence-electron chi connectivity index (χ3n) is 3.28. The summed E-state index contributed by atoms with van der Waals surface area (Å²) in [4.78, 5) is 19.2. The molecule has 1 N–H and O–H groups in total. The first-order valence-electron chi connectivity index (χ1n) is 6.48. The minimum Gasteiger partial charge on any atom is -0.465 e. The zero-order chi connectivity index (χ0) is 14.8. The van der Waals surface area contributed by atoms with E-state index in [9.17, 15) is 9.18 Å². The summed E-state index contributed by atoms with van der Waals surface area (Å²) in [6, 6.07) is 11.8. The lowest BCUT2D eigenvalue weighted by Crippen LogP contribution is -2.01. The van der Waals surface area contributed by atoms with E-state index in [0.717, 1.165) is 5.52 Å². The number of nitrogens with zero attached hydrogens (tertiary/aromatic N) is 1. The first-order chi connectivity index (χ1) is 10.2. The Kier molecular flexibility index (Phi) is 3.39. The van der Waals surface area contributed by atoms with E-state index in [2.05, 4.69) is 9.97 Å². The van der Waals surface area contributed by atoms with Crippen LogP contribution in [0.25, 0.3) is 11.0 Å². The van der Waals surface area contributed by atoms with Gasteiger partial charge in [0, 0.05) is 6.42 Å². The molecule has 0 aliphatic rings. The van der Waals surface area contributed by atoms with Gasteiger partial charge in [-0.15, -0.1) is 0 Å². The van der Waals surface area contributed by atoms with Crippen LogP contribution in [-0.2, 0) is 11.2 Å². The van der Waals surface area contributed by atoms with Crippen molar-refractivity contribution < 1.29 is 13.9 Å². The summed E-state index contributed by atoms with van der Waals surface area (Å²) in [5, 5.41) is 0. The molecule has 0 saturated carbocycles. The Morgan fingerprint density at radius 3 is 2.81 bits per heavy atom. The van der Waals surface area contributed by atoms with Crippen LogP contribution in [0.5, 0.6) is 0 Å². The highest BCUT2D eigenvalue weighted by atomic mass is 19.1. The van der Waals surface area contributed by atoms with E-state index in [1.807, 2.05) is 6.07 Å². The van der Waals surface area contributed by atoms with Crippen LogP contribution in [0.1, 0.15) is 21.7 Å². The van der Waals surface area contributed by atoms with Gasteiger partial charge in [0.2, 0.25) is 0 Å². The molecule has 106 valence electrons. The fourth-order valence-electron chi connectivity index (χ4n) is 2.26. The standard InChI is InChI=1S/C16H13FN2O2/c1-21-16(20)11-6-4-8-13-15(11)19-14(18-13)9-10-5-2-3-7-12(10)17/h2-8H,9H2,1H3,(H,18,19). The molecule has 3 rings (SSSR count). The number of fused-ring (bicyclic) bond motifs is 1. The van der Waals surface area contributed by atoms with Crippen molar-refractivity contribution in [2.75, 3.05) is 7.11 Å². The lowest BCUT2D eigenvalue weighted by molar-refractivity contribution is 0.0603. The van der Waals surface area contributed by atoms with Crippen molar-refractivity contribution in [3.63, 3.8) is 0 Å². The number of esters is 1. The number of aromatic nitrogens is 2. The highest BCUT2D eigenvalue weighted by Gasteiger charge is 2.14. The van der Waals surface area contributed by atoms with Crippen LogP contribution in [0.3, 0.4) is 0 Å². The summed E-state index contributed by atoms with van der Waals surface area (Å²) >= 11 is 0. The van der Waals surface area contributed by atoms with Gasteiger partial charge in [0.1, 0.15) is 17.2 Å². The molecule has 0 radical (unpaired) electrons. The van der Waals surface area contributed by atoms with Gasteiger partial charge in [-0.1, -0.05) is 24.3 Å². The average molecular weight is 284 g/mol. The normalized spacial score (nSPS) is 10.8. The minimum absolute atomic E-state index is 0.272. The van der Waals surface area contributed by atoms with Gasteiger partial charge >= 0.3 is 5.97 Å². The van der Waals surface area contributed by atoms with E-state index in [1.54, 1.807) is 30.3 Å². The van der Waals surface area contributed by atoms with Crippen molar-refractivity contribution in [3.8, 4) is 0 Å². The van der Waals surface area contributed by atoms with E-state index >= 15 is 0 Å². The summed E-state index contributed by atoms with van der Waals surface area (Å²) in [5.41, 5.74) is 2.21. The summed E-state index contributed by atoms with van der Waals surface area (Å²) in [7, 11) is 1.33. The van der Waals surface area contributed by atoms with Crippen LogP contribution >= 0.6 is 0 Å². The first-order valence-corrected chi connectivity index (χ1v) is 6.48. The third kappa shape index (κ3) is 2.50.